The first-order chi connectivity index (χ1) is 20.6. The van der Waals surface area contributed by atoms with Gasteiger partial charge in [0, 0.05) is 27.1 Å². The third kappa shape index (κ3) is 7.18. The number of aliphatic hydroxyl groups excluding tert-OH is 1. The molecule has 0 spiro atoms. The van der Waals surface area contributed by atoms with E-state index in [1.54, 1.807) is 18.9 Å². The number of ether oxygens (including phenoxy) is 1. The van der Waals surface area contributed by atoms with Gasteiger partial charge in [0.05, 0.1) is 5.25 Å². The lowest BCUT2D eigenvalue weighted by Crippen LogP contribution is -2.26. The molecule has 2 aliphatic rings. The van der Waals surface area contributed by atoms with E-state index in [0.29, 0.717) is 10.3 Å². The lowest BCUT2D eigenvalue weighted by molar-refractivity contribution is -0.117. The van der Waals surface area contributed by atoms with Crippen LogP contribution in [0.2, 0.25) is 0 Å². The van der Waals surface area contributed by atoms with Crippen molar-refractivity contribution in [2.45, 2.75) is 46.4 Å². The van der Waals surface area contributed by atoms with Crippen LogP contribution in [0.5, 0.6) is 0 Å². The highest BCUT2D eigenvalue weighted by atomic mass is 32.2. The lowest BCUT2D eigenvalue weighted by atomic mass is 10.1. The van der Waals surface area contributed by atoms with E-state index in [-0.39, 0.29) is 27.6 Å². The third-order valence-electron chi connectivity index (χ3n) is 6.60. The largest absolute Gasteiger partial charge is 0.400 e. The zero-order chi connectivity index (χ0) is 29.5. The molecule has 2 aromatic carbocycles. The van der Waals surface area contributed by atoms with Crippen LogP contribution in [-0.2, 0) is 32.1 Å². The van der Waals surface area contributed by atoms with Crippen molar-refractivity contribution in [2.24, 2.45) is 0 Å². The molecule has 220 valence electrons. The lowest BCUT2D eigenvalue weighted by Gasteiger charge is -2.13. The quantitative estimate of drug-likeness (QED) is 0.144. The molecule has 6 rings (SSSR count). The molecule has 3 N–H and O–H groups in total. The average molecular weight is 643 g/mol. The molecule has 0 radical (unpaired) electrons. The Hall–Kier alpha value is -2.88. The van der Waals surface area contributed by atoms with Crippen LogP contribution in [0.3, 0.4) is 0 Å². The van der Waals surface area contributed by atoms with Gasteiger partial charge in [-0.2, -0.15) is 0 Å². The summed E-state index contributed by atoms with van der Waals surface area (Å²) in [5.41, 5.74) is 2.15. The number of carbonyl (C=O) groups excluding carboxylic acids is 2. The minimum Gasteiger partial charge on any atom is -0.400 e. The number of nitrogens with one attached hydrogen (secondary N) is 2. The van der Waals surface area contributed by atoms with Crippen LogP contribution in [0.4, 0.5) is 10.3 Å². The second kappa shape index (κ2) is 14.1. The minimum absolute atomic E-state index is 0.0195. The molecule has 42 heavy (non-hydrogen) atoms. The number of carbonyl (C=O) groups is 2. The van der Waals surface area contributed by atoms with Crippen molar-refractivity contribution in [1.29, 1.82) is 0 Å². The zero-order valence-corrected chi connectivity index (χ0v) is 26.2. The first kappa shape index (κ1) is 30.6. The maximum Gasteiger partial charge on any atom is 0.243 e. The molecule has 4 unspecified atom stereocenters. The Labute approximate surface area is 260 Å². The number of nitrogens with zero attached hydrogens (tertiary/aromatic N) is 4. The number of aromatic nitrogens is 4. The molecule has 4 atom stereocenters. The highest BCUT2D eigenvalue weighted by molar-refractivity contribution is 8.09. The number of methoxy groups -OCH3 is 1. The van der Waals surface area contributed by atoms with Gasteiger partial charge in [-0.15, -0.1) is 43.9 Å². The van der Waals surface area contributed by atoms with Gasteiger partial charge in [0.25, 0.3) is 0 Å². The normalized spacial score (nSPS) is 22.0. The van der Waals surface area contributed by atoms with Crippen LogP contribution in [-0.4, -0.2) is 62.0 Å². The van der Waals surface area contributed by atoms with Gasteiger partial charge in [-0.3, -0.25) is 20.2 Å². The second-order valence-electron chi connectivity index (χ2n) is 9.31. The molecule has 2 aliphatic heterocycles. The maximum atomic E-state index is 12.8. The summed E-state index contributed by atoms with van der Waals surface area (Å²) in [6.07, 6.45) is 3.35. The molecule has 2 aromatic heterocycles. The molecule has 4 heterocycles. The molecule has 4 aromatic rings. The molecule has 2 amide bonds. The van der Waals surface area contributed by atoms with E-state index in [9.17, 15) is 9.59 Å². The number of amides is 2. The molecule has 0 aliphatic carbocycles. The van der Waals surface area contributed by atoms with Crippen LogP contribution < -0.4 is 10.6 Å². The van der Waals surface area contributed by atoms with E-state index >= 15 is 0 Å². The standard InChI is InChI=1S/C27H26N6O3S4.CH4O/c1-36-27(17-12-6-3-7-13-17)22(40-27)24(35)29-26-33-31-19(38-26)15-9-8-14-18-30-32-25(37-18)28-23(34)21-20(39-21)16-10-4-2-5-11-16;1-2/h2-7,10-13,20-22H,8-9,14-15H2,1H3,(H,28,32,34)(H,29,33,35);2H,1H3. The molecule has 2 fully saturated rings. The van der Waals surface area contributed by atoms with Crippen molar-refractivity contribution in [3.8, 4) is 0 Å². The fourth-order valence-electron chi connectivity index (χ4n) is 4.45. The summed E-state index contributed by atoms with van der Waals surface area (Å²) in [7, 11) is 2.63. The van der Waals surface area contributed by atoms with E-state index in [0.717, 1.165) is 48.4 Å². The highest BCUT2D eigenvalue weighted by Crippen LogP contribution is 2.62. The summed E-state index contributed by atoms with van der Waals surface area (Å²) >= 11 is 5.95. The van der Waals surface area contributed by atoms with E-state index in [4.69, 9.17) is 9.84 Å². The fraction of sp³-hybridized carbons (Fsp3) is 0.357. The molecular weight excluding hydrogens is 613 g/mol. The predicted molar refractivity (Wildman–Crippen MR) is 169 cm³/mol. The Balaban J connectivity index is 0.00000173. The molecule has 10 nitrogen and oxygen atoms in total. The van der Waals surface area contributed by atoms with Crippen LogP contribution in [0.1, 0.15) is 39.2 Å². The number of benzene rings is 2. The number of rotatable bonds is 12. The third-order valence-corrected chi connectivity index (χ3v) is 11.2. The Bertz CT molecular complexity index is 1490. The Morgan fingerprint density at radius 1 is 0.833 bits per heavy atom. The Morgan fingerprint density at radius 2 is 1.38 bits per heavy atom. The van der Waals surface area contributed by atoms with E-state index < -0.39 is 4.93 Å². The molecule has 0 bridgehead atoms. The van der Waals surface area contributed by atoms with Gasteiger partial charge in [0.15, 0.2) is 4.93 Å². The monoisotopic (exact) mass is 642 g/mol. The fourth-order valence-corrected chi connectivity index (χ4v) is 8.18. The molecule has 0 saturated carbocycles. The van der Waals surface area contributed by atoms with Crippen molar-refractivity contribution < 1.29 is 19.4 Å². The van der Waals surface area contributed by atoms with Gasteiger partial charge in [0.1, 0.15) is 20.5 Å². The molecular formula is C28H30N6O4S4. The van der Waals surface area contributed by atoms with Crippen LogP contribution in [0.25, 0.3) is 0 Å². The smallest absolute Gasteiger partial charge is 0.243 e. The van der Waals surface area contributed by atoms with Crippen molar-refractivity contribution in [1.82, 2.24) is 20.4 Å². The first-order valence-electron chi connectivity index (χ1n) is 13.3. The zero-order valence-electron chi connectivity index (χ0n) is 22.9. The summed E-state index contributed by atoms with van der Waals surface area (Å²) < 4.78 is 5.71. The minimum atomic E-state index is -0.645. The van der Waals surface area contributed by atoms with Gasteiger partial charge in [0.2, 0.25) is 22.1 Å². The first-order valence-corrected chi connectivity index (χ1v) is 16.7. The number of hydrogen-bond donors (Lipinski definition) is 3. The summed E-state index contributed by atoms with van der Waals surface area (Å²) in [6.45, 7) is 0. The second-order valence-corrected chi connectivity index (χ2v) is 14.0. The Morgan fingerprint density at radius 3 is 1.95 bits per heavy atom. The van der Waals surface area contributed by atoms with Gasteiger partial charge in [-0.05, 0) is 24.0 Å². The van der Waals surface area contributed by atoms with Crippen molar-refractivity contribution in [2.75, 3.05) is 24.9 Å². The average Bonchev–Trinajstić information content (AvgIpc) is 3.90. The molecule has 2 saturated heterocycles. The van der Waals surface area contributed by atoms with Crippen LogP contribution in [0.15, 0.2) is 60.7 Å². The topological polar surface area (TPSA) is 139 Å². The number of unbranched alkanes of at least 4 members (excludes halogenated alkanes) is 1. The number of aliphatic hydroxyl groups is 1. The van der Waals surface area contributed by atoms with Crippen molar-refractivity contribution in [3.05, 3.63) is 81.8 Å². The number of thioether (sulfide) groups is 2. The van der Waals surface area contributed by atoms with Crippen LogP contribution in [0, 0.1) is 0 Å². The summed E-state index contributed by atoms with van der Waals surface area (Å²) in [5.74, 6) is -0.151. The number of anilines is 2. The van der Waals surface area contributed by atoms with E-state index in [2.05, 4.69) is 43.2 Å². The van der Waals surface area contributed by atoms with Crippen molar-refractivity contribution >= 4 is 68.3 Å². The molecule has 14 heteroatoms. The summed E-state index contributed by atoms with van der Waals surface area (Å²) in [5, 5.41) is 32.2. The van der Waals surface area contributed by atoms with Gasteiger partial charge >= 0.3 is 0 Å². The van der Waals surface area contributed by atoms with Crippen LogP contribution >= 0.6 is 46.2 Å². The highest BCUT2D eigenvalue weighted by Gasteiger charge is 2.62. The van der Waals surface area contributed by atoms with Gasteiger partial charge < -0.3 is 9.84 Å². The number of hydrogen-bond acceptors (Lipinski definition) is 12. The summed E-state index contributed by atoms with van der Waals surface area (Å²) in [4.78, 5) is 24.8. The predicted octanol–water partition coefficient (Wildman–Crippen LogP) is 4.91. The van der Waals surface area contributed by atoms with Gasteiger partial charge in [-0.25, -0.2) is 0 Å². The van der Waals surface area contributed by atoms with Gasteiger partial charge in [-0.1, -0.05) is 83.3 Å². The van der Waals surface area contributed by atoms with E-state index in [1.807, 2.05) is 48.5 Å². The van der Waals surface area contributed by atoms with Crippen molar-refractivity contribution in [3.63, 3.8) is 0 Å². The Kier molecular flexibility index (Phi) is 10.2. The number of aryl methyl sites for hydroxylation is 2. The summed E-state index contributed by atoms with van der Waals surface area (Å²) in [6, 6.07) is 19.8. The SMILES string of the molecule is CO.COC1(c2ccccc2)SC1C(=O)Nc1nnc(CCCCc2nnc(NC(=O)C3SC3c3ccccc3)s2)s1. The van der Waals surface area contributed by atoms with E-state index in [1.165, 1.54) is 40.0 Å². The maximum absolute atomic E-state index is 12.8.